The van der Waals surface area contributed by atoms with Gasteiger partial charge in [-0.1, -0.05) is 6.07 Å². The molecule has 0 aliphatic carbocycles. The second-order valence-electron chi connectivity index (χ2n) is 8.98. The van der Waals surface area contributed by atoms with Gasteiger partial charge in [-0.2, -0.15) is 13.2 Å². The van der Waals surface area contributed by atoms with Crippen LogP contribution >= 0.6 is 0 Å². The Morgan fingerprint density at radius 1 is 1.03 bits per heavy atom. The van der Waals surface area contributed by atoms with E-state index in [9.17, 15) is 22.8 Å². The summed E-state index contributed by atoms with van der Waals surface area (Å²) < 4.78 is 47.1. The number of piperidine rings is 1. The highest BCUT2D eigenvalue weighted by Crippen LogP contribution is 2.30. The summed E-state index contributed by atoms with van der Waals surface area (Å²) in [6.07, 6.45) is -0.402. The molecule has 2 saturated heterocycles. The summed E-state index contributed by atoms with van der Waals surface area (Å²) in [7, 11) is 1.36. The van der Waals surface area contributed by atoms with E-state index in [4.69, 9.17) is 9.47 Å². The Balaban J connectivity index is 1.43. The summed E-state index contributed by atoms with van der Waals surface area (Å²) in [4.78, 5) is 31.2. The molecule has 0 aromatic heterocycles. The fourth-order valence-electron chi connectivity index (χ4n) is 4.46. The van der Waals surface area contributed by atoms with Crippen LogP contribution in [-0.2, 0) is 16.0 Å². The summed E-state index contributed by atoms with van der Waals surface area (Å²) in [5.74, 6) is 0.408. The van der Waals surface area contributed by atoms with Gasteiger partial charge in [0.15, 0.2) is 18.1 Å². The smallest absolute Gasteiger partial charge is 0.422 e. The number of benzene rings is 1. The maximum Gasteiger partial charge on any atom is 0.422 e. The molecule has 0 bridgehead atoms. The molecule has 10 heteroatoms. The Morgan fingerprint density at radius 2 is 1.76 bits per heavy atom. The molecule has 0 radical (unpaired) electrons. The SMILES string of the molecule is COc1cc(CCC(=O)N2CCN(CC(=O)N3CCCCC3C)CC2)ccc1OCC(F)(F)F. The Hall–Kier alpha value is -2.49. The Morgan fingerprint density at radius 3 is 2.41 bits per heavy atom. The molecule has 1 aromatic rings. The van der Waals surface area contributed by atoms with E-state index in [-0.39, 0.29) is 29.7 Å². The number of amides is 2. The van der Waals surface area contributed by atoms with Crippen molar-refractivity contribution in [3.05, 3.63) is 23.8 Å². The van der Waals surface area contributed by atoms with Crippen LogP contribution in [0.4, 0.5) is 13.2 Å². The van der Waals surface area contributed by atoms with Gasteiger partial charge >= 0.3 is 6.18 Å². The van der Waals surface area contributed by atoms with Crippen molar-refractivity contribution in [3.8, 4) is 11.5 Å². The zero-order chi connectivity index (χ0) is 24.7. The van der Waals surface area contributed by atoms with Crippen LogP contribution in [0.1, 0.15) is 38.2 Å². The highest BCUT2D eigenvalue weighted by Gasteiger charge is 2.29. The van der Waals surface area contributed by atoms with Crippen molar-refractivity contribution in [1.82, 2.24) is 14.7 Å². The van der Waals surface area contributed by atoms with Crippen LogP contribution in [0.3, 0.4) is 0 Å². The number of likely N-dealkylation sites (tertiary alicyclic amines) is 1. The van der Waals surface area contributed by atoms with E-state index in [0.717, 1.165) is 24.9 Å². The van der Waals surface area contributed by atoms with Crippen LogP contribution in [0.15, 0.2) is 18.2 Å². The molecule has 1 aromatic carbocycles. The number of piperazine rings is 1. The fraction of sp³-hybridized carbons (Fsp3) is 0.667. The van der Waals surface area contributed by atoms with E-state index in [2.05, 4.69) is 11.8 Å². The van der Waals surface area contributed by atoms with Crippen LogP contribution in [0.25, 0.3) is 0 Å². The maximum atomic E-state index is 12.7. The van der Waals surface area contributed by atoms with Gasteiger partial charge in [-0.25, -0.2) is 0 Å². The Labute approximate surface area is 198 Å². The number of aryl methyl sites for hydroxylation is 1. The van der Waals surface area contributed by atoms with Gasteiger partial charge in [-0.15, -0.1) is 0 Å². The van der Waals surface area contributed by atoms with E-state index >= 15 is 0 Å². The van der Waals surface area contributed by atoms with Gasteiger partial charge in [-0.05, 0) is 50.3 Å². The van der Waals surface area contributed by atoms with E-state index < -0.39 is 12.8 Å². The number of carbonyl (C=O) groups excluding carboxylic acids is 2. The zero-order valence-corrected chi connectivity index (χ0v) is 19.9. The molecule has 34 heavy (non-hydrogen) atoms. The minimum Gasteiger partial charge on any atom is -0.493 e. The maximum absolute atomic E-state index is 12.7. The highest BCUT2D eigenvalue weighted by molar-refractivity contribution is 5.79. The molecule has 2 aliphatic rings. The van der Waals surface area contributed by atoms with Crippen molar-refractivity contribution >= 4 is 11.8 Å². The molecule has 2 heterocycles. The van der Waals surface area contributed by atoms with Gasteiger partial charge in [0.2, 0.25) is 11.8 Å². The quantitative estimate of drug-likeness (QED) is 0.566. The fourth-order valence-corrected chi connectivity index (χ4v) is 4.46. The summed E-state index contributed by atoms with van der Waals surface area (Å²) in [5, 5.41) is 0. The number of carbonyl (C=O) groups is 2. The highest BCUT2D eigenvalue weighted by atomic mass is 19.4. The summed E-state index contributed by atoms with van der Waals surface area (Å²) >= 11 is 0. The monoisotopic (exact) mass is 485 g/mol. The first-order chi connectivity index (χ1) is 16.2. The summed E-state index contributed by atoms with van der Waals surface area (Å²) in [6.45, 7) is 4.43. The normalized spacial score (nSPS) is 19.7. The van der Waals surface area contributed by atoms with E-state index in [1.165, 1.54) is 19.6 Å². The molecule has 190 valence electrons. The first-order valence-electron chi connectivity index (χ1n) is 11.8. The average Bonchev–Trinajstić information content (AvgIpc) is 2.81. The topological polar surface area (TPSA) is 62.3 Å². The lowest BCUT2D eigenvalue weighted by Crippen LogP contribution is -2.53. The predicted molar refractivity (Wildman–Crippen MR) is 121 cm³/mol. The molecule has 2 amide bonds. The third kappa shape index (κ3) is 7.51. The van der Waals surface area contributed by atoms with Gasteiger partial charge in [0.25, 0.3) is 0 Å². The first kappa shape index (κ1) is 26.1. The number of ether oxygens (including phenoxy) is 2. The predicted octanol–water partition coefficient (Wildman–Crippen LogP) is 3.11. The van der Waals surface area contributed by atoms with Crippen molar-refractivity contribution in [2.45, 2.75) is 51.2 Å². The van der Waals surface area contributed by atoms with Crippen molar-refractivity contribution in [2.24, 2.45) is 0 Å². The van der Waals surface area contributed by atoms with Crippen LogP contribution in [0.2, 0.25) is 0 Å². The van der Waals surface area contributed by atoms with Crippen molar-refractivity contribution in [2.75, 3.05) is 53.0 Å². The second kappa shape index (κ2) is 11.8. The van der Waals surface area contributed by atoms with E-state index in [1.807, 2.05) is 9.80 Å². The molecule has 0 saturated carbocycles. The third-order valence-electron chi connectivity index (χ3n) is 6.45. The van der Waals surface area contributed by atoms with Crippen LogP contribution < -0.4 is 9.47 Å². The molecular weight excluding hydrogens is 451 g/mol. The van der Waals surface area contributed by atoms with Crippen molar-refractivity contribution in [1.29, 1.82) is 0 Å². The molecule has 1 unspecified atom stereocenters. The van der Waals surface area contributed by atoms with Crippen LogP contribution in [-0.4, -0.2) is 91.7 Å². The number of hydrogen-bond donors (Lipinski definition) is 0. The second-order valence-corrected chi connectivity index (χ2v) is 8.98. The zero-order valence-electron chi connectivity index (χ0n) is 19.9. The van der Waals surface area contributed by atoms with E-state index in [0.29, 0.717) is 45.2 Å². The molecule has 0 N–H and O–H groups in total. The van der Waals surface area contributed by atoms with Gasteiger partial charge < -0.3 is 19.3 Å². The van der Waals surface area contributed by atoms with Crippen LogP contribution in [0.5, 0.6) is 11.5 Å². The third-order valence-corrected chi connectivity index (χ3v) is 6.45. The number of hydrogen-bond acceptors (Lipinski definition) is 5. The van der Waals surface area contributed by atoms with Gasteiger partial charge in [0, 0.05) is 45.2 Å². The number of nitrogens with zero attached hydrogens (tertiary/aromatic N) is 3. The minimum absolute atomic E-state index is 0.0134. The Kier molecular flexibility index (Phi) is 9.04. The van der Waals surface area contributed by atoms with Crippen molar-refractivity contribution < 1.29 is 32.2 Å². The van der Waals surface area contributed by atoms with Crippen molar-refractivity contribution in [3.63, 3.8) is 0 Å². The average molecular weight is 486 g/mol. The van der Waals surface area contributed by atoms with Crippen LogP contribution in [0, 0.1) is 0 Å². The van der Waals surface area contributed by atoms with E-state index in [1.54, 1.807) is 12.1 Å². The molecular formula is C24H34F3N3O4. The number of rotatable bonds is 8. The molecule has 2 aliphatic heterocycles. The Bertz CT molecular complexity index is 841. The molecule has 2 fully saturated rings. The molecule has 0 spiro atoms. The van der Waals surface area contributed by atoms with Gasteiger partial charge in [0.05, 0.1) is 13.7 Å². The number of methoxy groups -OCH3 is 1. The lowest BCUT2D eigenvalue weighted by Gasteiger charge is -2.38. The minimum atomic E-state index is -4.43. The molecule has 7 nitrogen and oxygen atoms in total. The summed E-state index contributed by atoms with van der Waals surface area (Å²) in [6, 6.07) is 4.98. The van der Waals surface area contributed by atoms with Gasteiger partial charge in [-0.3, -0.25) is 14.5 Å². The lowest BCUT2D eigenvalue weighted by atomic mass is 10.0. The summed E-state index contributed by atoms with van der Waals surface area (Å²) in [5.41, 5.74) is 0.782. The lowest BCUT2D eigenvalue weighted by molar-refractivity contribution is -0.153. The number of alkyl halides is 3. The van der Waals surface area contributed by atoms with Gasteiger partial charge in [0.1, 0.15) is 0 Å². The molecule has 1 atom stereocenters. The number of halogens is 3. The first-order valence-corrected chi connectivity index (χ1v) is 11.8. The standard InChI is InChI=1S/C24H34F3N3O4/c1-18-5-3-4-10-30(18)23(32)16-28-11-13-29(14-12-28)22(31)9-7-19-6-8-20(21(15-19)33-2)34-17-24(25,26)27/h6,8,15,18H,3-5,7,9-14,16-17H2,1-2H3. The molecule has 3 rings (SSSR count). The largest absolute Gasteiger partial charge is 0.493 e.